The highest BCUT2D eigenvalue weighted by Gasteiger charge is 2.13. The maximum Gasteiger partial charge on any atom is 0.271 e. The van der Waals surface area contributed by atoms with Gasteiger partial charge >= 0.3 is 0 Å². The Balaban J connectivity index is 1.70. The number of nitro groups is 1. The number of carbonyl (C=O) groups excluding carboxylic acids is 1. The van der Waals surface area contributed by atoms with E-state index >= 15 is 0 Å². The van der Waals surface area contributed by atoms with E-state index in [1.807, 2.05) is 6.07 Å². The molecule has 8 heteroatoms. The van der Waals surface area contributed by atoms with Gasteiger partial charge in [0.05, 0.1) is 16.2 Å². The lowest BCUT2D eigenvalue weighted by Gasteiger charge is -2.00. The first-order valence-corrected chi connectivity index (χ1v) is 7.85. The molecule has 0 spiro atoms. The molecule has 1 aromatic heterocycles. The van der Waals surface area contributed by atoms with Crippen molar-refractivity contribution in [2.24, 2.45) is 5.10 Å². The molecule has 0 saturated heterocycles. The van der Waals surface area contributed by atoms with E-state index in [-0.39, 0.29) is 16.6 Å². The Morgan fingerprint density at radius 2 is 1.92 bits per heavy atom. The van der Waals surface area contributed by atoms with Crippen molar-refractivity contribution in [3.8, 4) is 11.3 Å². The number of furan rings is 1. The summed E-state index contributed by atoms with van der Waals surface area (Å²) < 4.78 is 5.58. The topological polar surface area (TPSA) is 97.7 Å². The summed E-state index contributed by atoms with van der Waals surface area (Å²) in [6.07, 6.45) is 1.35. The fourth-order valence-corrected chi connectivity index (χ4v) is 2.46. The van der Waals surface area contributed by atoms with Crippen molar-refractivity contribution in [1.82, 2.24) is 5.43 Å². The van der Waals surface area contributed by atoms with E-state index in [1.165, 1.54) is 24.4 Å². The molecule has 1 N–H and O–H groups in total. The zero-order valence-electron chi connectivity index (χ0n) is 13.3. The smallest absolute Gasteiger partial charge is 0.271 e. The van der Waals surface area contributed by atoms with Gasteiger partial charge in [-0.3, -0.25) is 14.9 Å². The van der Waals surface area contributed by atoms with Crippen molar-refractivity contribution in [1.29, 1.82) is 0 Å². The Labute approximate surface area is 153 Å². The van der Waals surface area contributed by atoms with Crippen LogP contribution in [0.25, 0.3) is 11.3 Å². The quantitative estimate of drug-likeness (QED) is 0.412. The summed E-state index contributed by atoms with van der Waals surface area (Å²) in [6, 6.07) is 16.1. The van der Waals surface area contributed by atoms with Crippen LogP contribution in [-0.2, 0) is 0 Å². The summed E-state index contributed by atoms with van der Waals surface area (Å²) in [7, 11) is 0. The van der Waals surface area contributed by atoms with Crippen LogP contribution in [0.15, 0.2) is 70.2 Å². The fourth-order valence-electron chi connectivity index (χ4n) is 2.19. The lowest BCUT2D eigenvalue weighted by atomic mass is 10.1. The van der Waals surface area contributed by atoms with Gasteiger partial charge < -0.3 is 4.42 Å². The Morgan fingerprint density at radius 3 is 2.62 bits per heavy atom. The predicted octanol–water partition coefficient (Wildman–Crippen LogP) is 4.27. The molecule has 2 aromatic carbocycles. The highest BCUT2D eigenvalue weighted by atomic mass is 35.5. The molecule has 7 nitrogen and oxygen atoms in total. The van der Waals surface area contributed by atoms with Crippen molar-refractivity contribution in [3.63, 3.8) is 0 Å². The second kappa shape index (κ2) is 7.62. The molecule has 0 radical (unpaired) electrons. The van der Waals surface area contributed by atoms with E-state index in [0.717, 1.165) is 0 Å². The Bertz CT molecular complexity index is 983. The number of nitrogens with zero attached hydrogens (tertiary/aromatic N) is 2. The number of benzene rings is 2. The minimum absolute atomic E-state index is 0.101. The zero-order chi connectivity index (χ0) is 18.5. The van der Waals surface area contributed by atoms with Crippen LogP contribution in [-0.4, -0.2) is 17.0 Å². The van der Waals surface area contributed by atoms with Crippen molar-refractivity contribution in [2.45, 2.75) is 0 Å². The van der Waals surface area contributed by atoms with E-state index in [0.29, 0.717) is 22.6 Å². The second-order valence-electron chi connectivity index (χ2n) is 5.19. The van der Waals surface area contributed by atoms with Crippen LogP contribution >= 0.6 is 11.6 Å². The number of non-ortho nitro benzene ring substituents is 1. The number of halogens is 1. The number of hydrogen-bond donors (Lipinski definition) is 1. The molecule has 0 aliphatic heterocycles. The molecule has 3 aromatic rings. The Morgan fingerprint density at radius 1 is 1.15 bits per heavy atom. The van der Waals surface area contributed by atoms with E-state index < -0.39 is 4.92 Å². The molecule has 0 unspecified atom stereocenters. The van der Waals surface area contributed by atoms with Crippen LogP contribution in [0.4, 0.5) is 5.69 Å². The molecule has 26 heavy (non-hydrogen) atoms. The minimum atomic E-state index is -0.523. The molecule has 130 valence electrons. The maximum atomic E-state index is 11.9. The van der Waals surface area contributed by atoms with Crippen LogP contribution in [0.1, 0.15) is 16.1 Å². The molecule has 0 bridgehead atoms. The highest BCUT2D eigenvalue weighted by Crippen LogP contribution is 2.31. The van der Waals surface area contributed by atoms with Gasteiger partial charge in [0.25, 0.3) is 11.6 Å². The molecule has 3 rings (SSSR count). The molecule has 1 amide bonds. The molecular formula is C18H12ClN3O4. The maximum absolute atomic E-state index is 11.9. The van der Waals surface area contributed by atoms with Gasteiger partial charge in [0, 0.05) is 23.3 Å². The van der Waals surface area contributed by atoms with Crippen molar-refractivity contribution < 1.29 is 14.1 Å². The summed E-state index contributed by atoms with van der Waals surface area (Å²) in [5.41, 5.74) is 3.30. The SMILES string of the molecule is O=C(NN=Cc1ccc(-c2ccc([N+](=O)[O-])cc2Cl)o1)c1ccccc1. The third-order valence-electron chi connectivity index (χ3n) is 3.45. The summed E-state index contributed by atoms with van der Waals surface area (Å²) in [5.74, 6) is 0.482. The average Bonchev–Trinajstić information content (AvgIpc) is 3.10. The molecule has 0 aliphatic carbocycles. The van der Waals surface area contributed by atoms with Gasteiger partial charge in [0.2, 0.25) is 0 Å². The normalized spacial score (nSPS) is 10.8. The largest absolute Gasteiger partial charge is 0.455 e. The van der Waals surface area contributed by atoms with Gasteiger partial charge in [0.15, 0.2) is 0 Å². The molecular weight excluding hydrogens is 358 g/mol. The number of nitrogens with one attached hydrogen (secondary N) is 1. The predicted molar refractivity (Wildman–Crippen MR) is 97.3 cm³/mol. The molecule has 0 saturated carbocycles. The monoisotopic (exact) mass is 369 g/mol. The lowest BCUT2D eigenvalue weighted by Crippen LogP contribution is -2.17. The molecule has 1 heterocycles. The van der Waals surface area contributed by atoms with Gasteiger partial charge in [-0.1, -0.05) is 29.8 Å². The van der Waals surface area contributed by atoms with Crippen LogP contribution < -0.4 is 5.43 Å². The number of hydrogen-bond acceptors (Lipinski definition) is 5. The van der Waals surface area contributed by atoms with Gasteiger partial charge in [0.1, 0.15) is 11.5 Å². The van der Waals surface area contributed by atoms with Crippen LogP contribution in [0, 0.1) is 10.1 Å². The van der Waals surface area contributed by atoms with Crippen molar-refractivity contribution >= 4 is 29.4 Å². The minimum Gasteiger partial charge on any atom is -0.455 e. The summed E-state index contributed by atoms with van der Waals surface area (Å²) in [6.45, 7) is 0. The van der Waals surface area contributed by atoms with E-state index in [4.69, 9.17) is 16.0 Å². The van der Waals surface area contributed by atoms with E-state index in [2.05, 4.69) is 10.5 Å². The Kier molecular flexibility index (Phi) is 5.09. The number of rotatable bonds is 5. The Hall–Kier alpha value is -3.45. The molecule has 0 fully saturated rings. The highest BCUT2D eigenvalue weighted by molar-refractivity contribution is 6.33. The second-order valence-corrected chi connectivity index (χ2v) is 5.60. The average molecular weight is 370 g/mol. The van der Waals surface area contributed by atoms with Crippen molar-refractivity contribution in [3.05, 3.63) is 87.1 Å². The van der Waals surface area contributed by atoms with Gasteiger partial charge in [-0.15, -0.1) is 0 Å². The van der Waals surface area contributed by atoms with Gasteiger partial charge in [-0.2, -0.15) is 5.10 Å². The third-order valence-corrected chi connectivity index (χ3v) is 3.76. The van der Waals surface area contributed by atoms with Crippen LogP contribution in [0.3, 0.4) is 0 Å². The number of amides is 1. The summed E-state index contributed by atoms with van der Waals surface area (Å²) in [5, 5.41) is 14.8. The van der Waals surface area contributed by atoms with Crippen LogP contribution in [0.5, 0.6) is 0 Å². The van der Waals surface area contributed by atoms with E-state index in [1.54, 1.807) is 36.4 Å². The summed E-state index contributed by atoms with van der Waals surface area (Å²) in [4.78, 5) is 22.1. The molecule has 0 atom stereocenters. The first kappa shape index (κ1) is 17.4. The number of carbonyl (C=O) groups is 1. The fraction of sp³-hybridized carbons (Fsp3) is 0. The van der Waals surface area contributed by atoms with Gasteiger partial charge in [-0.25, -0.2) is 5.43 Å². The standard InChI is InChI=1S/C18H12ClN3O4/c19-16-10-13(22(24)25)6-8-15(16)17-9-7-14(26-17)11-20-21-18(23)12-4-2-1-3-5-12/h1-11H,(H,21,23). The molecule has 0 aliphatic rings. The number of nitro benzene ring substituents is 1. The third kappa shape index (κ3) is 3.96. The first-order chi connectivity index (χ1) is 12.5. The zero-order valence-corrected chi connectivity index (χ0v) is 14.0. The van der Waals surface area contributed by atoms with E-state index in [9.17, 15) is 14.9 Å². The first-order valence-electron chi connectivity index (χ1n) is 7.47. The number of hydrazone groups is 1. The summed E-state index contributed by atoms with van der Waals surface area (Å²) >= 11 is 6.08. The van der Waals surface area contributed by atoms with Gasteiger partial charge in [-0.05, 0) is 30.3 Å². The van der Waals surface area contributed by atoms with Crippen molar-refractivity contribution in [2.75, 3.05) is 0 Å². The lowest BCUT2D eigenvalue weighted by molar-refractivity contribution is -0.384. The van der Waals surface area contributed by atoms with Crippen LogP contribution in [0.2, 0.25) is 5.02 Å².